The molecule has 0 fully saturated rings. The van der Waals surface area contributed by atoms with Crippen molar-refractivity contribution < 1.29 is 9.90 Å². The van der Waals surface area contributed by atoms with Crippen LogP contribution in [0.25, 0.3) is 16.7 Å². The van der Waals surface area contributed by atoms with Gasteiger partial charge in [0.05, 0.1) is 28.7 Å². The van der Waals surface area contributed by atoms with E-state index in [9.17, 15) is 4.79 Å². The van der Waals surface area contributed by atoms with Crippen LogP contribution in [-0.2, 0) is 11.8 Å². The van der Waals surface area contributed by atoms with Crippen LogP contribution in [0.5, 0.6) is 0 Å². The summed E-state index contributed by atoms with van der Waals surface area (Å²) in [7, 11) is 1.85. The monoisotopic (exact) mass is 302 g/mol. The molecule has 3 aromatic rings. The number of carboxylic acid groups (broad SMARTS) is 1. The van der Waals surface area contributed by atoms with E-state index in [-0.39, 0.29) is 5.75 Å². The highest BCUT2D eigenvalue weighted by molar-refractivity contribution is 7.99. The van der Waals surface area contributed by atoms with Gasteiger partial charge in [-0.15, -0.1) is 0 Å². The van der Waals surface area contributed by atoms with Crippen molar-refractivity contribution in [3.63, 3.8) is 0 Å². The SMILES string of the molecule is Cc1cccc2c1nc(SCC(=O)O)n2-c1cnn(C)c1. The number of hydrogen-bond acceptors (Lipinski definition) is 4. The summed E-state index contributed by atoms with van der Waals surface area (Å²) in [6.45, 7) is 1.99. The average Bonchev–Trinajstić information content (AvgIpc) is 3.00. The molecule has 0 aliphatic heterocycles. The third-order valence-corrected chi connectivity index (χ3v) is 4.05. The van der Waals surface area contributed by atoms with Crippen LogP contribution in [0.1, 0.15) is 5.56 Å². The minimum Gasteiger partial charge on any atom is -0.481 e. The number of aliphatic carboxylic acids is 1. The van der Waals surface area contributed by atoms with E-state index >= 15 is 0 Å². The summed E-state index contributed by atoms with van der Waals surface area (Å²) in [5.74, 6) is -0.885. The van der Waals surface area contributed by atoms with E-state index < -0.39 is 5.97 Å². The molecule has 0 unspecified atom stereocenters. The zero-order chi connectivity index (χ0) is 15.0. The predicted molar refractivity (Wildman–Crippen MR) is 80.9 cm³/mol. The fraction of sp³-hybridized carbons (Fsp3) is 0.214. The van der Waals surface area contributed by atoms with Crippen LogP contribution in [0.3, 0.4) is 0 Å². The summed E-state index contributed by atoms with van der Waals surface area (Å²) in [4.78, 5) is 15.4. The molecule has 0 bridgehead atoms. The Labute approximate surface area is 125 Å². The van der Waals surface area contributed by atoms with Gasteiger partial charge in [-0.3, -0.25) is 14.0 Å². The molecule has 1 aromatic carbocycles. The Bertz CT molecular complexity index is 822. The Hall–Kier alpha value is -2.28. The van der Waals surface area contributed by atoms with Crippen molar-refractivity contribution in [3.8, 4) is 5.69 Å². The van der Waals surface area contributed by atoms with Crippen LogP contribution in [0.2, 0.25) is 0 Å². The molecule has 0 saturated heterocycles. The lowest BCUT2D eigenvalue weighted by Crippen LogP contribution is -2.01. The van der Waals surface area contributed by atoms with Crippen LogP contribution in [0.4, 0.5) is 0 Å². The molecule has 108 valence electrons. The molecule has 0 atom stereocenters. The number of imidazole rings is 1. The van der Waals surface area contributed by atoms with Crippen molar-refractivity contribution in [2.45, 2.75) is 12.1 Å². The zero-order valence-corrected chi connectivity index (χ0v) is 12.5. The van der Waals surface area contributed by atoms with Crippen molar-refractivity contribution in [1.29, 1.82) is 0 Å². The van der Waals surface area contributed by atoms with Gasteiger partial charge in [-0.05, 0) is 18.6 Å². The number of nitrogens with zero attached hydrogens (tertiary/aromatic N) is 4. The molecule has 6 nitrogen and oxygen atoms in total. The largest absolute Gasteiger partial charge is 0.481 e. The molecule has 0 saturated carbocycles. The number of thioether (sulfide) groups is 1. The molecule has 0 radical (unpaired) electrons. The number of carbonyl (C=O) groups is 1. The second-order valence-electron chi connectivity index (χ2n) is 4.73. The Morgan fingerprint density at radius 3 is 2.90 bits per heavy atom. The summed E-state index contributed by atoms with van der Waals surface area (Å²) >= 11 is 1.21. The first-order valence-corrected chi connectivity index (χ1v) is 7.36. The topological polar surface area (TPSA) is 72.9 Å². The molecule has 3 rings (SSSR count). The van der Waals surface area contributed by atoms with E-state index in [0.29, 0.717) is 5.16 Å². The number of carboxylic acids is 1. The summed E-state index contributed by atoms with van der Waals surface area (Å²) < 4.78 is 3.66. The van der Waals surface area contributed by atoms with E-state index in [4.69, 9.17) is 5.11 Å². The smallest absolute Gasteiger partial charge is 0.313 e. The van der Waals surface area contributed by atoms with Crippen LogP contribution < -0.4 is 0 Å². The van der Waals surface area contributed by atoms with Gasteiger partial charge in [-0.25, -0.2) is 4.98 Å². The maximum absolute atomic E-state index is 10.8. The fourth-order valence-corrected chi connectivity index (χ4v) is 2.96. The summed E-state index contributed by atoms with van der Waals surface area (Å²) in [6, 6.07) is 5.94. The van der Waals surface area contributed by atoms with E-state index in [1.54, 1.807) is 10.9 Å². The second kappa shape index (κ2) is 5.25. The van der Waals surface area contributed by atoms with E-state index in [1.807, 2.05) is 42.9 Å². The van der Waals surface area contributed by atoms with E-state index in [1.165, 1.54) is 11.8 Å². The molecule has 1 N–H and O–H groups in total. The van der Waals surface area contributed by atoms with Gasteiger partial charge in [-0.2, -0.15) is 5.10 Å². The molecular weight excluding hydrogens is 288 g/mol. The van der Waals surface area contributed by atoms with Crippen LogP contribution in [-0.4, -0.2) is 36.2 Å². The standard InChI is InChI=1S/C14H14N4O2S/c1-9-4-3-5-11-13(9)16-14(21-8-12(19)20)18(11)10-6-15-17(2)7-10/h3-7H,8H2,1-2H3,(H,19,20). The highest BCUT2D eigenvalue weighted by Crippen LogP contribution is 2.29. The normalized spacial score (nSPS) is 11.1. The molecule has 7 heteroatoms. The summed E-state index contributed by atoms with van der Waals surface area (Å²) in [5.41, 5.74) is 3.77. The Kier molecular flexibility index (Phi) is 3.42. The molecule has 0 aliphatic carbocycles. The van der Waals surface area contributed by atoms with Gasteiger partial charge < -0.3 is 5.11 Å². The number of rotatable bonds is 4. The minimum absolute atomic E-state index is 0.0252. The highest BCUT2D eigenvalue weighted by Gasteiger charge is 2.16. The molecule has 0 amide bonds. The average molecular weight is 302 g/mol. The lowest BCUT2D eigenvalue weighted by Gasteiger charge is -2.05. The minimum atomic E-state index is -0.860. The number of para-hydroxylation sites is 1. The van der Waals surface area contributed by atoms with Crippen LogP contribution >= 0.6 is 11.8 Å². The molecule has 21 heavy (non-hydrogen) atoms. The van der Waals surface area contributed by atoms with E-state index in [2.05, 4.69) is 10.1 Å². The van der Waals surface area contributed by atoms with Gasteiger partial charge in [0.15, 0.2) is 5.16 Å². The number of hydrogen-bond donors (Lipinski definition) is 1. The Morgan fingerprint density at radius 2 is 2.24 bits per heavy atom. The molecule has 2 heterocycles. The molecule has 0 aliphatic rings. The fourth-order valence-electron chi connectivity index (χ4n) is 2.21. The van der Waals surface area contributed by atoms with Crippen molar-refractivity contribution in [2.24, 2.45) is 7.05 Å². The first-order chi connectivity index (χ1) is 10.1. The Balaban J connectivity index is 2.20. The number of fused-ring (bicyclic) bond motifs is 1. The summed E-state index contributed by atoms with van der Waals surface area (Å²) in [6.07, 6.45) is 3.63. The van der Waals surface area contributed by atoms with Crippen molar-refractivity contribution >= 4 is 28.8 Å². The number of benzene rings is 1. The van der Waals surface area contributed by atoms with Gasteiger partial charge in [0.1, 0.15) is 0 Å². The van der Waals surface area contributed by atoms with Crippen LogP contribution in [0, 0.1) is 6.92 Å². The lowest BCUT2D eigenvalue weighted by atomic mass is 10.2. The Morgan fingerprint density at radius 1 is 1.43 bits per heavy atom. The molecular formula is C14H14N4O2S. The summed E-state index contributed by atoms with van der Waals surface area (Å²) in [5, 5.41) is 13.7. The van der Waals surface area contributed by atoms with Gasteiger partial charge >= 0.3 is 5.97 Å². The van der Waals surface area contributed by atoms with Gasteiger partial charge in [0.25, 0.3) is 0 Å². The van der Waals surface area contributed by atoms with Crippen LogP contribution in [0.15, 0.2) is 35.7 Å². The quantitative estimate of drug-likeness (QED) is 0.748. The number of aromatic nitrogens is 4. The van der Waals surface area contributed by atoms with Gasteiger partial charge in [0, 0.05) is 13.2 Å². The first-order valence-electron chi connectivity index (χ1n) is 6.38. The maximum atomic E-state index is 10.8. The zero-order valence-electron chi connectivity index (χ0n) is 11.6. The lowest BCUT2D eigenvalue weighted by molar-refractivity contribution is -0.133. The first kappa shape index (κ1) is 13.7. The van der Waals surface area contributed by atoms with E-state index in [0.717, 1.165) is 22.3 Å². The van der Waals surface area contributed by atoms with Crippen molar-refractivity contribution in [2.75, 3.05) is 5.75 Å². The molecule has 2 aromatic heterocycles. The molecule has 0 spiro atoms. The van der Waals surface area contributed by atoms with Crippen molar-refractivity contribution in [1.82, 2.24) is 19.3 Å². The van der Waals surface area contributed by atoms with Gasteiger partial charge in [0.2, 0.25) is 0 Å². The predicted octanol–water partition coefficient (Wildman–Crippen LogP) is 2.24. The third kappa shape index (κ3) is 2.52. The maximum Gasteiger partial charge on any atom is 0.313 e. The second-order valence-corrected chi connectivity index (χ2v) is 5.67. The third-order valence-electron chi connectivity index (χ3n) is 3.13. The van der Waals surface area contributed by atoms with Gasteiger partial charge in [-0.1, -0.05) is 23.9 Å². The highest BCUT2D eigenvalue weighted by atomic mass is 32.2. The number of aryl methyl sites for hydroxylation is 2. The van der Waals surface area contributed by atoms with Crippen molar-refractivity contribution in [3.05, 3.63) is 36.2 Å².